The van der Waals surface area contributed by atoms with E-state index in [2.05, 4.69) is 54.6 Å². The number of pyridine rings is 1. The van der Waals surface area contributed by atoms with Gasteiger partial charge in [-0.05, 0) is 65.6 Å². The molecule has 1 unspecified atom stereocenters. The fourth-order valence-corrected chi connectivity index (χ4v) is 5.37. The molecule has 1 aromatic carbocycles. The van der Waals surface area contributed by atoms with Gasteiger partial charge in [0.25, 0.3) is 0 Å². The van der Waals surface area contributed by atoms with E-state index >= 15 is 0 Å². The number of esters is 1. The molecule has 0 fully saturated rings. The summed E-state index contributed by atoms with van der Waals surface area (Å²) in [5.74, 6) is -1.09. The Morgan fingerprint density at radius 3 is 2.22 bits per heavy atom. The van der Waals surface area contributed by atoms with Crippen molar-refractivity contribution >= 4 is 48.5 Å². The van der Waals surface area contributed by atoms with Gasteiger partial charge in [-0.25, -0.2) is 9.18 Å². The quantitative estimate of drug-likeness (QED) is 0.235. The maximum absolute atomic E-state index is 14.7. The first-order valence-corrected chi connectivity index (χ1v) is 14.3. The highest BCUT2D eigenvalue weighted by Crippen LogP contribution is 2.43. The minimum atomic E-state index is -1.08. The van der Waals surface area contributed by atoms with Crippen LogP contribution in [0.5, 0.6) is 0 Å². The number of ether oxygens (including phenoxy) is 1. The van der Waals surface area contributed by atoms with Gasteiger partial charge in [0.15, 0.2) is 0 Å². The van der Waals surface area contributed by atoms with Crippen molar-refractivity contribution in [1.82, 2.24) is 4.57 Å². The second-order valence-electron chi connectivity index (χ2n) is 10.4. The molecule has 1 radical (unpaired) electrons. The predicted molar refractivity (Wildman–Crippen MR) is 137 cm³/mol. The summed E-state index contributed by atoms with van der Waals surface area (Å²) in [5.41, 5.74) is -0.643. The standard InChI is InChI=1S/C24H34FINO4Si/c1-10-30-22(29)15-13-27(18-12-16(25)17(26)11-14(18)19(15)28)20(23(2,3)4)21(24(5,6)7)31-32(8)9/h11-13,20-21H,10H2,1-9H3/t20-,21?/m1/s1. The lowest BCUT2D eigenvalue weighted by Gasteiger charge is -2.46. The Balaban J connectivity index is 3.01. The Labute approximate surface area is 205 Å². The summed E-state index contributed by atoms with van der Waals surface area (Å²) >= 11 is 1.86. The fourth-order valence-electron chi connectivity index (χ4n) is 3.91. The molecular weight excluding hydrogens is 540 g/mol. The maximum atomic E-state index is 14.7. The summed E-state index contributed by atoms with van der Waals surface area (Å²) in [6, 6.07) is 2.61. The first-order chi connectivity index (χ1) is 14.6. The van der Waals surface area contributed by atoms with Crippen molar-refractivity contribution in [2.45, 2.75) is 73.7 Å². The number of hydrogen-bond donors (Lipinski definition) is 0. The van der Waals surface area contributed by atoms with Crippen LogP contribution in [-0.4, -0.2) is 32.3 Å². The minimum Gasteiger partial charge on any atom is -0.462 e. The molecule has 0 saturated carbocycles. The molecule has 2 atom stereocenters. The molecule has 1 aromatic heterocycles. The largest absolute Gasteiger partial charge is 0.462 e. The van der Waals surface area contributed by atoms with Crippen LogP contribution in [0.15, 0.2) is 23.1 Å². The Bertz CT molecular complexity index is 1050. The van der Waals surface area contributed by atoms with E-state index in [9.17, 15) is 14.0 Å². The molecule has 8 heteroatoms. The van der Waals surface area contributed by atoms with Crippen LogP contribution >= 0.6 is 22.6 Å². The van der Waals surface area contributed by atoms with Crippen molar-refractivity contribution in [3.63, 3.8) is 0 Å². The van der Waals surface area contributed by atoms with Crippen molar-refractivity contribution in [1.29, 1.82) is 0 Å². The van der Waals surface area contributed by atoms with Crippen molar-refractivity contribution in [2.75, 3.05) is 6.61 Å². The highest BCUT2D eigenvalue weighted by atomic mass is 127. The van der Waals surface area contributed by atoms with Gasteiger partial charge in [0, 0.05) is 15.2 Å². The summed E-state index contributed by atoms with van der Waals surface area (Å²) in [4.78, 5) is 25.9. The number of nitrogens with zero attached hydrogens (tertiary/aromatic N) is 1. The fraction of sp³-hybridized carbons (Fsp3) is 0.583. The van der Waals surface area contributed by atoms with Crippen molar-refractivity contribution in [3.05, 3.63) is 43.5 Å². The monoisotopic (exact) mass is 574 g/mol. The molecule has 0 N–H and O–H groups in total. The Kier molecular flexibility index (Phi) is 8.37. The van der Waals surface area contributed by atoms with E-state index in [1.165, 1.54) is 18.3 Å². The number of halogens is 2. The van der Waals surface area contributed by atoms with Gasteiger partial charge in [-0.15, -0.1) is 0 Å². The highest BCUT2D eigenvalue weighted by Gasteiger charge is 2.42. The number of aromatic nitrogens is 1. The van der Waals surface area contributed by atoms with E-state index in [4.69, 9.17) is 9.16 Å². The third kappa shape index (κ3) is 5.80. The zero-order chi connectivity index (χ0) is 24.6. The van der Waals surface area contributed by atoms with E-state index in [0.29, 0.717) is 14.5 Å². The van der Waals surface area contributed by atoms with E-state index in [1.807, 2.05) is 27.2 Å². The maximum Gasteiger partial charge on any atom is 0.343 e. The van der Waals surface area contributed by atoms with Gasteiger partial charge in [-0.2, -0.15) is 0 Å². The zero-order valence-electron chi connectivity index (χ0n) is 20.4. The Morgan fingerprint density at radius 2 is 1.75 bits per heavy atom. The third-order valence-corrected chi connectivity index (χ3v) is 6.81. The molecule has 0 amide bonds. The van der Waals surface area contributed by atoms with Crippen LogP contribution < -0.4 is 5.43 Å². The van der Waals surface area contributed by atoms with Crippen LogP contribution in [0, 0.1) is 20.2 Å². The van der Waals surface area contributed by atoms with E-state index < -0.39 is 26.3 Å². The molecule has 0 aliphatic carbocycles. The number of carbonyl (C=O) groups excluding carboxylic acids is 1. The highest BCUT2D eigenvalue weighted by molar-refractivity contribution is 14.1. The molecule has 0 bridgehead atoms. The van der Waals surface area contributed by atoms with Crippen LogP contribution in [-0.2, 0) is 9.16 Å². The van der Waals surface area contributed by atoms with Crippen molar-refractivity contribution in [2.24, 2.45) is 10.8 Å². The first-order valence-electron chi connectivity index (χ1n) is 10.8. The molecule has 0 spiro atoms. The second kappa shape index (κ2) is 9.93. The second-order valence-corrected chi connectivity index (χ2v) is 13.6. The number of hydrogen-bond acceptors (Lipinski definition) is 4. The average molecular weight is 575 g/mol. The molecule has 0 aliphatic rings. The van der Waals surface area contributed by atoms with Crippen LogP contribution in [0.1, 0.15) is 64.9 Å². The molecule has 2 rings (SSSR count). The van der Waals surface area contributed by atoms with Crippen LogP contribution in [0.25, 0.3) is 10.9 Å². The molecule has 177 valence electrons. The van der Waals surface area contributed by atoms with Crippen LogP contribution in [0.4, 0.5) is 4.39 Å². The van der Waals surface area contributed by atoms with Gasteiger partial charge in [0.05, 0.1) is 24.3 Å². The number of rotatable bonds is 6. The topological polar surface area (TPSA) is 57.5 Å². The number of fused-ring (bicyclic) bond motifs is 1. The van der Waals surface area contributed by atoms with Gasteiger partial charge in [-0.1, -0.05) is 41.5 Å². The molecule has 0 saturated heterocycles. The Morgan fingerprint density at radius 1 is 1.16 bits per heavy atom. The summed E-state index contributed by atoms with van der Waals surface area (Å²) in [5, 5.41) is 0.293. The summed E-state index contributed by atoms with van der Waals surface area (Å²) in [6.07, 6.45) is 1.29. The van der Waals surface area contributed by atoms with Gasteiger partial charge in [0.1, 0.15) is 11.4 Å². The Hall–Kier alpha value is -1.26. The summed E-state index contributed by atoms with van der Waals surface area (Å²) in [7, 11) is -1.08. The van der Waals surface area contributed by atoms with Gasteiger partial charge < -0.3 is 13.7 Å². The van der Waals surface area contributed by atoms with Crippen molar-refractivity contribution < 1.29 is 18.3 Å². The van der Waals surface area contributed by atoms with Crippen LogP contribution in [0.2, 0.25) is 13.1 Å². The van der Waals surface area contributed by atoms with Crippen molar-refractivity contribution in [3.8, 4) is 0 Å². The lowest BCUT2D eigenvalue weighted by Crippen LogP contribution is -2.46. The normalized spacial score (nSPS) is 14.6. The summed E-state index contributed by atoms with van der Waals surface area (Å²) in [6.45, 7) is 18.6. The van der Waals surface area contributed by atoms with Crippen LogP contribution in [0.3, 0.4) is 0 Å². The molecule has 5 nitrogen and oxygen atoms in total. The molecule has 1 heterocycles. The lowest BCUT2D eigenvalue weighted by molar-refractivity contribution is -0.00443. The molecule has 2 aromatic rings. The molecule has 32 heavy (non-hydrogen) atoms. The molecule has 0 aliphatic heterocycles. The molecular formula is C24H34FINO4Si. The SMILES string of the molecule is CCOC(=O)c1cn([C@H](C(O[Si](C)C)C(C)(C)C)C(C)(C)C)c2cc(F)c(I)cc2c1=O. The smallest absolute Gasteiger partial charge is 0.343 e. The lowest BCUT2D eigenvalue weighted by atomic mass is 9.74. The summed E-state index contributed by atoms with van der Waals surface area (Å²) < 4.78 is 28.6. The van der Waals surface area contributed by atoms with E-state index in [-0.39, 0.29) is 35.1 Å². The predicted octanol–water partition coefficient (Wildman–Crippen LogP) is 6.19. The number of benzene rings is 1. The minimum absolute atomic E-state index is 0.0535. The first kappa shape index (κ1) is 27.0. The van der Waals surface area contributed by atoms with E-state index in [1.54, 1.807) is 6.92 Å². The van der Waals surface area contributed by atoms with Gasteiger partial charge in [0.2, 0.25) is 14.5 Å². The van der Waals surface area contributed by atoms with E-state index in [0.717, 1.165) is 0 Å². The zero-order valence-corrected chi connectivity index (χ0v) is 23.6. The van der Waals surface area contributed by atoms with Gasteiger partial charge in [-0.3, -0.25) is 4.79 Å². The van der Waals surface area contributed by atoms with Gasteiger partial charge >= 0.3 is 5.97 Å². The number of carbonyl (C=O) groups is 1. The third-order valence-electron chi connectivity index (χ3n) is 5.26. The average Bonchev–Trinajstić information content (AvgIpc) is 2.62.